The van der Waals surface area contributed by atoms with Crippen LogP contribution in [0.15, 0.2) is 41.8 Å². The minimum absolute atomic E-state index is 0.145. The molecule has 0 radical (unpaired) electrons. The third kappa shape index (κ3) is 6.20. The van der Waals surface area contributed by atoms with E-state index < -0.39 is 5.97 Å². The third-order valence-corrected chi connectivity index (χ3v) is 8.55. The number of hydrogen-bond acceptors (Lipinski definition) is 7. The molecule has 202 valence electrons. The number of rotatable bonds is 8. The number of aryl methyl sites for hydroxylation is 2. The maximum atomic E-state index is 11.4. The lowest BCUT2D eigenvalue weighted by atomic mass is 9.92. The van der Waals surface area contributed by atoms with Crippen molar-refractivity contribution >= 4 is 22.4 Å². The van der Waals surface area contributed by atoms with Gasteiger partial charge < -0.3 is 19.5 Å². The zero-order valence-electron chi connectivity index (χ0n) is 22.5. The molecule has 7 nitrogen and oxygen atoms in total. The highest BCUT2D eigenvalue weighted by atomic mass is 32.1. The van der Waals surface area contributed by atoms with Gasteiger partial charge in [-0.05, 0) is 62.4 Å². The van der Waals surface area contributed by atoms with Crippen molar-refractivity contribution < 1.29 is 19.4 Å². The number of benzene rings is 2. The van der Waals surface area contributed by atoms with Crippen molar-refractivity contribution in [3.05, 3.63) is 64.0 Å². The lowest BCUT2D eigenvalue weighted by Gasteiger charge is -2.36. The molecule has 2 atom stereocenters. The molecule has 2 aliphatic heterocycles. The van der Waals surface area contributed by atoms with E-state index in [9.17, 15) is 9.90 Å². The number of thiazole rings is 1. The Balaban J connectivity index is 1.28. The molecule has 0 spiro atoms. The fraction of sp³-hybridized carbons (Fsp3) is 0.467. The highest BCUT2D eigenvalue weighted by Crippen LogP contribution is 2.37. The lowest BCUT2D eigenvalue weighted by molar-refractivity contribution is -0.142. The molecule has 8 heteroatoms. The number of aliphatic carboxylic acids is 1. The van der Waals surface area contributed by atoms with Gasteiger partial charge in [-0.2, -0.15) is 0 Å². The van der Waals surface area contributed by atoms with Gasteiger partial charge >= 0.3 is 5.97 Å². The summed E-state index contributed by atoms with van der Waals surface area (Å²) in [6.45, 7) is 12.1. The third-order valence-electron chi connectivity index (χ3n) is 7.67. The minimum Gasteiger partial charge on any atom is -0.488 e. The maximum Gasteiger partial charge on any atom is 0.306 e. The topological polar surface area (TPSA) is 75.1 Å². The molecule has 38 heavy (non-hydrogen) atoms. The molecule has 2 fully saturated rings. The van der Waals surface area contributed by atoms with E-state index in [2.05, 4.69) is 66.3 Å². The van der Waals surface area contributed by atoms with Gasteiger partial charge in [0.2, 0.25) is 0 Å². The van der Waals surface area contributed by atoms with E-state index in [1.165, 1.54) is 16.7 Å². The zero-order valence-corrected chi connectivity index (χ0v) is 23.3. The molecule has 2 unspecified atom stereocenters. The summed E-state index contributed by atoms with van der Waals surface area (Å²) in [6, 6.07) is 13.0. The van der Waals surface area contributed by atoms with Crippen molar-refractivity contribution in [1.82, 2.24) is 9.88 Å². The molecule has 0 bridgehead atoms. The van der Waals surface area contributed by atoms with Crippen LogP contribution in [0, 0.1) is 19.8 Å². The summed E-state index contributed by atoms with van der Waals surface area (Å²) < 4.78 is 11.8. The van der Waals surface area contributed by atoms with E-state index in [1.807, 2.05) is 6.07 Å². The number of ether oxygens (including phenoxy) is 2. The molecule has 1 N–H and O–H groups in total. The first-order valence-electron chi connectivity index (χ1n) is 13.4. The van der Waals surface area contributed by atoms with Crippen LogP contribution < -0.4 is 9.64 Å². The first-order valence-corrected chi connectivity index (χ1v) is 14.3. The second kappa shape index (κ2) is 11.8. The summed E-state index contributed by atoms with van der Waals surface area (Å²) in [6.07, 6.45) is 1.30. The highest BCUT2D eigenvalue weighted by Gasteiger charge is 2.31. The number of aromatic nitrogens is 1. The summed E-state index contributed by atoms with van der Waals surface area (Å²) >= 11 is 1.61. The monoisotopic (exact) mass is 535 g/mol. The number of hydrogen-bond donors (Lipinski definition) is 1. The Labute approximate surface area is 229 Å². The van der Waals surface area contributed by atoms with Crippen molar-refractivity contribution in [2.45, 2.75) is 52.8 Å². The van der Waals surface area contributed by atoms with E-state index in [4.69, 9.17) is 14.5 Å². The van der Waals surface area contributed by atoms with E-state index in [1.54, 1.807) is 11.3 Å². The van der Waals surface area contributed by atoms with Crippen molar-refractivity contribution in [3.8, 4) is 17.0 Å². The Bertz CT molecular complexity index is 1270. The Morgan fingerprint density at radius 2 is 1.97 bits per heavy atom. The van der Waals surface area contributed by atoms with Gasteiger partial charge in [-0.25, -0.2) is 4.98 Å². The largest absolute Gasteiger partial charge is 0.488 e. The summed E-state index contributed by atoms with van der Waals surface area (Å²) in [4.78, 5) is 21.1. The predicted molar refractivity (Wildman–Crippen MR) is 151 cm³/mol. The molecule has 2 aliphatic rings. The molecule has 5 rings (SSSR count). The van der Waals surface area contributed by atoms with Crippen LogP contribution in [0.3, 0.4) is 0 Å². The predicted octanol–water partition coefficient (Wildman–Crippen LogP) is 5.53. The number of carboxylic acid groups (broad SMARTS) is 1. The van der Waals surface area contributed by atoms with E-state index in [0.717, 1.165) is 60.5 Å². The van der Waals surface area contributed by atoms with Gasteiger partial charge in [-0.1, -0.05) is 29.8 Å². The molecule has 2 saturated heterocycles. The molecule has 3 heterocycles. The number of carboxylic acids is 1. The van der Waals surface area contributed by atoms with Gasteiger partial charge in [0.15, 0.2) is 5.13 Å². The summed E-state index contributed by atoms with van der Waals surface area (Å²) in [7, 11) is 0. The van der Waals surface area contributed by atoms with Crippen LogP contribution >= 0.6 is 11.3 Å². The zero-order chi connectivity index (χ0) is 26.6. The Morgan fingerprint density at radius 1 is 1.16 bits per heavy atom. The number of anilines is 1. The molecule has 0 aliphatic carbocycles. The van der Waals surface area contributed by atoms with Crippen LogP contribution in [0.25, 0.3) is 11.3 Å². The number of carbonyl (C=O) groups is 1. The molecular formula is C30H37N3O4S. The maximum absolute atomic E-state index is 11.4. The number of piperidine rings is 1. The second-order valence-electron chi connectivity index (χ2n) is 10.6. The number of morpholine rings is 1. The molecule has 1 aromatic heterocycles. The molecule has 2 aromatic carbocycles. The Hall–Kier alpha value is -2.94. The minimum atomic E-state index is -0.695. The average molecular weight is 536 g/mol. The van der Waals surface area contributed by atoms with Crippen LogP contribution in [0.2, 0.25) is 0 Å². The fourth-order valence-electron chi connectivity index (χ4n) is 5.36. The Kier molecular flexibility index (Phi) is 8.31. The molecular weight excluding hydrogens is 498 g/mol. The van der Waals surface area contributed by atoms with E-state index in [-0.39, 0.29) is 12.0 Å². The summed E-state index contributed by atoms with van der Waals surface area (Å²) in [5, 5.41) is 12.4. The van der Waals surface area contributed by atoms with Crippen molar-refractivity contribution in [2.24, 2.45) is 5.92 Å². The van der Waals surface area contributed by atoms with Crippen molar-refractivity contribution in [3.63, 3.8) is 0 Å². The second-order valence-corrected chi connectivity index (χ2v) is 11.4. The van der Waals surface area contributed by atoms with Crippen LogP contribution in [0.5, 0.6) is 5.75 Å². The first-order chi connectivity index (χ1) is 18.4. The molecule has 3 aromatic rings. The van der Waals surface area contributed by atoms with Crippen LogP contribution in [-0.2, 0) is 22.7 Å². The molecule has 0 saturated carbocycles. The van der Waals surface area contributed by atoms with E-state index in [0.29, 0.717) is 26.0 Å². The van der Waals surface area contributed by atoms with Gasteiger partial charge in [0.05, 0.1) is 24.8 Å². The van der Waals surface area contributed by atoms with Gasteiger partial charge in [0.25, 0.3) is 0 Å². The van der Waals surface area contributed by atoms with E-state index >= 15 is 0 Å². The van der Waals surface area contributed by atoms with Gasteiger partial charge in [-0.15, -0.1) is 11.3 Å². The average Bonchev–Trinajstić information content (AvgIpc) is 3.39. The highest BCUT2D eigenvalue weighted by molar-refractivity contribution is 7.14. The fourth-order valence-corrected chi connectivity index (χ4v) is 6.32. The summed E-state index contributed by atoms with van der Waals surface area (Å²) in [5.41, 5.74) is 6.77. The normalized spacial score (nSPS) is 20.4. The molecule has 0 amide bonds. The van der Waals surface area contributed by atoms with Crippen LogP contribution in [0.4, 0.5) is 5.13 Å². The van der Waals surface area contributed by atoms with Gasteiger partial charge in [0.1, 0.15) is 12.4 Å². The first kappa shape index (κ1) is 26.7. The quantitative estimate of drug-likeness (QED) is 0.407. The smallest absolute Gasteiger partial charge is 0.306 e. The van der Waals surface area contributed by atoms with Crippen LogP contribution in [-0.4, -0.2) is 59.8 Å². The van der Waals surface area contributed by atoms with Crippen LogP contribution in [0.1, 0.15) is 42.0 Å². The van der Waals surface area contributed by atoms with Gasteiger partial charge in [-0.3, -0.25) is 9.69 Å². The SMILES string of the molecule is Cc1ccc(OCc2ccc(CN3CCOCC3)cc2C)c(-c2csc(N3CCC(C(=O)O)CC3C)n2)c1. The lowest BCUT2D eigenvalue weighted by Crippen LogP contribution is -2.42. The number of nitrogens with zero attached hydrogens (tertiary/aromatic N) is 3. The Morgan fingerprint density at radius 3 is 2.71 bits per heavy atom. The standard InChI is InChI=1S/C30H37N3O4S/c1-20-4-7-28(37-18-25-6-5-23(15-21(25)2)17-32-10-12-36-13-11-32)26(14-20)27-19-38-30(31-27)33-9-8-24(29(34)35)16-22(33)3/h4-7,14-15,19,22,24H,8-13,16-18H2,1-3H3,(H,34,35). The van der Waals surface area contributed by atoms with Crippen molar-refractivity contribution in [1.29, 1.82) is 0 Å². The van der Waals surface area contributed by atoms with Crippen molar-refractivity contribution in [2.75, 3.05) is 37.7 Å². The van der Waals surface area contributed by atoms with Gasteiger partial charge in [0, 0.05) is 43.2 Å². The summed E-state index contributed by atoms with van der Waals surface area (Å²) in [5.74, 6) is -0.143.